The summed E-state index contributed by atoms with van der Waals surface area (Å²) in [7, 11) is -4.14. The molecule has 0 atom stereocenters. The van der Waals surface area contributed by atoms with E-state index < -0.39 is 21.8 Å². The fraction of sp³-hybridized carbons (Fsp3) is 0.167. The zero-order valence-electron chi connectivity index (χ0n) is 10.5. The van der Waals surface area contributed by atoms with E-state index in [0.717, 1.165) is 16.7 Å². The summed E-state index contributed by atoms with van der Waals surface area (Å²) in [6, 6.07) is 7.02. The van der Waals surface area contributed by atoms with E-state index in [1.54, 1.807) is 30.3 Å². The molecular weight excluding hydrogens is 354 g/mol. The molecule has 1 fully saturated rings. The van der Waals surface area contributed by atoms with Crippen molar-refractivity contribution in [2.45, 2.75) is 0 Å². The molecule has 0 unspecified atom stereocenters. The second-order valence-corrected chi connectivity index (χ2v) is 7.80. The van der Waals surface area contributed by atoms with E-state index in [0.29, 0.717) is 15.5 Å². The molecule has 1 aromatic carbocycles. The maximum atomic E-state index is 12.2. The minimum atomic E-state index is -4.14. The number of thioether (sulfide) groups is 1. The lowest BCUT2D eigenvalue weighted by molar-refractivity contribution is -0.121. The summed E-state index contributed by atoms with van der Waals surface area (Å²) >= 11 is 12.1. The molecule has 1 amide bonds. The van der Waals surface area contributed by atoms with Crippen LogP contribution in [0.5, 0.6) is 0 Å². The molecule has 2 rings (SSSR count). The number of hydrogen-bond acceptors (Lipinski definition) is 5. The highest BCUT2D eigenvalue weighted by molar-refractivity contribution is 8.26. The molecule has 1 aliphatic heterocycles. The molecule has 1 saturated heterocycles. The molecule has 0 saturated carbocycles. The first-order chi connectivity index (χ1) is 9.78. The largest absolute Gasteiger partial charge is 0.292 e. The van der Waals surface area contributed by atoms with Crippen LogP contribution in [-0.4, -0.2) is 40.4 Å². The second-order valence-electron chi connectivity index (χ2n) is 4.14. The van der Waals surface area contributed by atoms with E-state index in [9.17, 15) is 13.2 Å². The van der Waals surface area contributed by atoms with Crippen molar-refractivity contribution in [1.29, 1.82) is 0 Å². The Morgan fingerprint density at radius 2 is 2.05 bits per heavy atom. The SMILES string of the molecule is O=C1/C(=C/c2ccccc2Cl)SC(=S)N1CCS(=O)(=O)O. The Morgan fingerprint density at radius 1 is 1.38 bits per heavy atom. The third kappa shape index (κ3) is 4.27. The van der Waals surface area contributed by atoms with Gasteiger partial charge in [-0.2, -0.15) is 8.42 Å². The number of benzene rings is 1. The van der Waals surface area contributed by atoms with Crippen molar-refractivity contribution < 1.29 is 17.8 Å². The molecule has 21 heavy (non-hydrogen) atoms. The van der Waals surface area contributed by atoms with Crippen molar-refractivity contribution in [3.8, 4) is 0 Å². The fourth-order valence-corrected chi connectivity index (χ4v) is 3.54. The van der Waals surface area contributed by atoms with Gasteiger partial charge in [-0.15, -0.1) is 0 Å². The smallest absolute Gasteiger partial charge is 0.266 e. The van der Waals surface area contributed by atoms with Crippen molar-refractivity contribution in [2.75, 3.05) is 12.3 Å². The lowest BCUT2D eigenvalue weighted by Gasteiger charge is -2.12. The van der Waals surface area contributed by atoms with Crippen LogP contribution in [0, 0.1) is 0 Å². The number of hydrogen-bond donors (Lipinski definition) is 1. The van der Waals surface area contributed by atoms with Gasteiger partial charge in [-0.25, -0.2) is 0 Å². The lowest BCUT2D eigenvalue weighted by Crippen LogP contribution is -2.32. The van der Waals surface area contributed by atoms with Gasteiger partial charge in [0, 0.05) is 11.6 Å². The standard InChI is InChI=1S/C12H10ClNO4S3/c13-9-4-2-1-3-8(9)7-10-11(15)14(12(19)20-10)5-6-21(16,17)18/h1-4,7H,5-6H2,(H,16,17,18)/b10-7-. The van der Waals surface area contributed by atoms with E-state index in [-0.39, 0.29) is 10.9 Å². The quantitative estimate of drug-likeness (QED) is 0.503. The fourth-order valence-electron chi connectivity index (χ4n) is 1.63. The summed E-state index contributed by atoms with van der Waals surface area (Å²) in [4.78, 5) is 13.7. The number of rotatable bonds is 4. The minimum Gasteiger partial charge on any atom is -0.292 e. The number of halogens is 1. The van der Waals surface area contributed by atoms with Crippen LogP contribution in [0.4, 0.5) is 0 Å². The molecule has 0 bridgehead atoms. The summed E-state index contributed by atoms with van der Waals surface area (Å²) in [5.41, 5.74) is 0.675. The van der Waals surface area contributed by atoms with Gasteiger partial charge >= 0.3 is 0 Å². The molecule has 0 aliphatic carbocycles. The Labute approximate surface area is 136 Å². The van der Waals surface area contributed by atoms with Crippen LogP contribution < -0.4 is 0 Å². The molecule has 112 valence electrons. The van der Waals surface area contributed by atoms with E-state index in [2.05, 4.69) is 0 Å². The van der Waals surface area contributed by atoms with Crippen LogP contribution in [-0.2, 0) is 14.9 Å². The average Bonchev–Trinajstić information content (AvgIpc) is 2.64. The Hall–Kier alpha value is -0.930. The zero-order valence-corrected chi connectivity index (χ0v) is 13.7. The first kappa shape index (κ1) is 16.4. The molecule has 0 radical (unpaired) electrons. The number of carbonyl (C=O) groups is 1. The molecule has 1 heterocycles. The van der Waals surface area contributed by atoms with Gasteiger partial charge in [0.15, 0.2) is 0 Å². The maximum absolute atomic E-state index is 12.2. The number of carbonyl (C=O) groups excluding carboxylic acids is 1. The van der Waals surface area contributed by atoms with Crippen molar-refractivity contribution >= 4 is 62.0 Å². The zero-order chi connectivity index (χ0) is 15.6. The topological polar surface area (TPSA) is 74.7 Å². The van der Waals surface area contributed by atoms with Crippen LogP contribution in [0.25, 0.3) is 6.08 Å². The average molecular weight is 364 g/mol. The Bertz CT molecular complexity index is 730. The first-order valence-corrected chi connectivity index (χ1v) is 8.94. The molecule has 5 nitrogen and oxygen atoms in total. The van der Waals surface area contributed by atoms with E-state index in [1.807, 2.05) is 0 Å². The third-order valence-electron chi connectivity index (χ3n) is 2.64. The summed E-state index contributed by atoms with van der Waals surface area (Å²) in [5, 5.41) is 0.501. The van der Waals surface area contributed by atoms with Crippen molar-refractivity contribution in [1.82, 2.24) is 4.90 Å². The lowest BCUT2D eigenvalue weighted by atomic mass is 10.2. The summed E-state index contributed by atoms with van der Waals surface area (Å²) < 4.78 is 30.5. The van der Waals surface area contributed by atoms with Crippen molar-refractivity contribution in [3.63, 3.8) is 0 Å². The highest BCUT2D eigenvalue weighted by atomic mass is 35.5. The van der Waals surface area contributed by atoms with Crippen LogP contribution in [0.1, 0.15) is 5.56 Å². The molecular formula is C12H10ClNO4S3. The Balaban J connectivity index is 2.20. The molecule has 1 aromatic rings. The van der Waals surface area contributed by atoms with Gasteiger partial charge in [0.25, 0.3) is 16.0 Å². The number of amides is 1. The van der Waals surface area contributed by atoms with Crippen LogP contribution in [0.3, 0.4) is 0 Å². The van der Waals surface area contributed by atoms with Gasteiger partial charge < -0.3 is 0 Å². The molecule has 1 aliphatic rings. The van der Waals surface area contributed by atoms with Gasteiger partial charge in [0.05, 0.1) is 10.7 Å². The molecule has 1 N–H and O–H groups in total. The van der Waals surface area contributed by atoms with E-state index in [1.165, 1.54) is 0 Å². The van der Waals surface area contributed by atoms with Gasteiger partial charge in [-0.05, 0) is 17.7 Å². The summed E-state index contributed by atoms with van der Waals surface area (Å²) in [6.45, 7) is -0.177. The minimum absolute atomic E-state index is 0.177. The highest BCUT2D eigenvalue weighted by Gasteiger charge is 2.32. The van der Waals surface area contributed by atoms with Gasteiger partial charge in [0.1, 0.15) is 4.32 Å². The van der Waals surface area contributed by atoms with Crippen LogP contribution in [0.15, 0.2) is 29.2 Å². The van der Waals surface area contributed by atoms with Gasteiger partial charge in [-0.1, -0.05) is 53.8 Å². The van der Waals surface area contributed by atoms with Gasteiger partial charge in [-0.3, -0.25) is 14.2 Å². The highest BCUT2D eigenvalue weighted by Crippen LogP contribution is 2.33. The number of thiocarbonyl (C=S) groups is 1. The maximum Gasteiger partial charge on any atom is 0.266 e. The second kappa shape index (κ2) is 6.45. The number of nitrogens with zero attached hydrogens (tertiary/aromatic N) is 1. The monoisotopic (exact) mass is 363 g/mol. The van der Waals surface area contributed by atoms with E-state index >= 15 is 0 Å². The molecule has 0 spiro atoms. The van der Waals surface area contributed by atoms with Crippen molar-refractivity contribution in [2.24, 2.45) is 0 Å². The molecule has 9 heteroatoms. The van der Waals surface area contributed by atoms with Gasteiger partial charge in [0.2, 0.25) is 0 Å². The summed E-state index contributed by atoms with van der Waals surface area (Å²) in [5.74, 6) is -0.952. The van der Waals surface area contributed by atoms with Crippen LogP contribution in [0.2, 0.25) is 5.02 Å². The summed E-state index contributed by atoms with van der Waals surface area (Å²) in [6.07, 6.45) is 1.61. The Kier molecular flexibility index (Phi) is 5.05. The predicted molar refractivity (Wildman–Crippen MR) is 87.7 cm³/mol. The normalized spacial score (nSPS) is 17.8. The van der Waals surface area contributed by atoms with Crippen molar-refractivity contribution in [3.05, 3.63) is 39.8 Å². The van der Waals surface area contributed by atoms with Crippen LogP contribution >= 0.6 is 35.6 Å². The third-order valence-corrected chi connectivity index (χ3v) is 5.06. The van der Waals surface area contributed by atoms with E-state index in [4.69, 9.17) is 28.4 Å². The Morgan fingerprint density at radius 3 is 2.67 bits per heavy atom. The predicted octanol–water partition coefficient (Wildman–Crippen LogP) is 2.43. The first-order valence-electron chi connectivity index (χ1n) is 5.73. The molecule has 0 aromatic heterocycles.